The lowest BCUT2D eigenvalue weighted by Gasteiger charge is -2.23. The Morgan fingerprint density at radius 3 is 2.22 bits per heavy atom. The molecule has 2 amide bonds. The van der Waals surface area contributed by atoms with Crippen LogP contribution >= 0.6 is 0 Å². The van der Waals surface area contributed by atoms with Crippen molar-refractivity contribution in [1.82, 2.24) is 10.2 Å². The van der Waals surface area contributed by atoms with E-state index >= 15 is 0 Å². The quantitative estimate of drug-likeness (QED) is 0.713. The number of carboxylic acids is 1. The van der Waals surface area contributed by atoms with Gasteiger partial charge in [-0.25, -0.2) is 13.6 Å². The SMILES string of the molecule is O=C(O)CC(NC(=O)OCC1c2ccccc2-c2ccccc21)C(=O)N1CCC(F)(F)C1. The highest BCUT2D eigenvalue weighted by atomic mass is 19.3. The number of rotatable bonds is 6. The van der Waals surface area contributed by atoms with Crippen molar-refractivity contribution in [3.8, 4) is 11.1 Å². The van der Waals surface area contributed by atoms with Crippen LogP contribution in [0.15, 0.2) is 48.5 Å². The first-order valence-electron chi connectivity index (χ1n) is 10.2. The van der Waals surface area contributed by atoms with Crippen molar-refractivity contribution in [2.75, 3.05) is 19.7 Å². The second-order valence-corrected chi connectivity index (χ2v) is 7.99. The molecule has 1 saturated heterocycles. The number of carbonyl (C=O) groups is 3. The molecule has 7 nitrogen and oxygen atoms in total. The first-order valence-corrected chi connectivity index (χ1v) is 10.2. The smallest absolute Gasteiger partial charge is 0.407 e. The van der Waals surface area contributed by atoms with Gasteiger partial charge in [-0.15, -0.1) is 0 Å². The van der Waals surface area contributed by atoms with Crippen LogP contribution in [0.1, 0.15) is 29.9 Å². The van der Waals surface area contributed by atoms with Gasteiger partial charge < -0.3 is 20.1 Å². The fraction of sp³-hybridized carbons (Fsp3) is 0.348. The molecule has 2 aliphatic rings. The van der Waals surface area contributed by atoms with Gasteiger partial charge >= 0.3 is 12.1 Å². The van der Waals surface area contributed by atoms with Crippen LogP contribution in [-0.4, -0.2) is 59.6 Å². The summed E-state index contributed by atoms with van der Waals surface area (Å²) in [6.07, 6.45) is -2.20. The largest absolute Gasteiger partial charge is 0.481 e. The Morgan fingerprint density at radius 2 is 1.69 bits per heavy atom. The second-order valence-electron chi connectivity index (χ2n) is 7.99. The number of amides is 2. The third-order valence-corrected chi connectivity index (χ3v) is 5.79. The number of hydrogen-bond acceptors (Lipinski definition) is 4. The Kier molecular flexibility index (Phi) is 5.82. The molecule has 32 heavy (non-hydrogen) atoms. The third-order valence-electron chi connectivity index (χ3n) is 5.79. The highest BCUT2D eigenvalue weighted by Crippen LogP contribution is 2.44. The standard InChI is InChI=1S/C23H22F2N2O5/c24-23(25)9-10-27(13-23)21(30)19(11-20(28)29)26-22(31)32-12-18-16-7-3-1-5-14(16)15-6-2-4-8-17(15)18/h1-8,18-19H,9-13H2,(H,26,31)(H,28,29). The first-order chi connectivity index (χ1) is 15.2. The number of ether oxygens (including phenoxy) is 1. The van der Waals surface area contributed by atoms with E-state index in [4.69, 9.17) is 9.84 Å². The zero-order valence-electron chi connectivity index (χ0n) is 17.1. The molecular weight excluding hydrogens is 422 g/mol. The van der Waals surface area contributed by atoms with Crippen LogP contribution in [0, 0.1) is 0 Å². The minimum atomic E-state index is -3.02. The fourth-order valence-corrected chi connectivity index (χ4v) is 4.30. The maximum Gasteiger partial charge on any atom is 0.407 e. The molecule has 1 aliphatic heterocycles. The van der Waals surface area contributed by atoms with Crippen molar-refractivity contribution in [3.05, 3.63) is 59.7 Å². The van der Waals surface area contributed by atoms with E-state index in [2.05, 4.69) is 5.32 Å². The van der Waals surface area contributed by atoms with Gasteiger partial charge in [0.05, 0.1) is 13.0 Å². The van der Waals surface area contributed by atoms with Gasteiger partial charge in [-0.05, 0) is 22.3 Å². The summed E-state index contributed by atoms with van der Waals surface area (Å²) in [5.41, 5.74) is 4.09. The van der Waals surface area contributed by atoms with Crippen molar-refractivity contribution in [1.29, 1.82) is 0 Å². The average Bonchev–Trinajstić information content (AvgIpc) is 3.28. The predicted molar refractivity (Wildman–Crippen MR) is 110 cm³/mol. The van der Waals surface area contributed by atoms with Gasteiger partial charge in [0, 0.05) is 18.9 Å². The Morgan fingerprint density at radius 1 is 1.09 bits per heavy atom. The molecule has 0 aromatic heterocycles. The lowest BCUT2D eigenvalue weighted by Crippen LogP contribution is -2.49. The predicted octanol–water partition coefficient (Wildman–Crippen LogP) is 3.24. The minimum absolute atomic E-state index is 0.0182. The molecule has 0 saturated carbocycles. The van der Waals surface area contributed by atoms with E-state index < -0.39 is 49.3 Å². The Balaban J connectivity index is 1.43. The Labute approximate surface area is 183 Å². The number of benzene rings is 2. The number of carboxylic acid groups (broad SMARTS) is 1. The lowest BCUT2D eigenvalue weighted by atomic mass is 9.98. The summed E-state index contributed by atoms with van der Waals surface area (Å²) < 4.78 is 32.3. The van der Waals surface area contributed by atoms with Crippen LogP contribution in [0.2, 0.25) is 0 Å². The van der Waals surface area contributed by atoms with E-state index in [-0.39, 0.29) is 19.1 Å². The van der Waals surface area contributed by atoms with E-state index in [1.807, 2.05) is 48.5 Å². The number of carbonyl (C=O) groups excluding carboxylic acids is 2. The van der Waals surface area contributed by atoms with Crippen molar-refractivity contribution in [3.63, 3.8) is 0 Å². The second kappa shape index (κ2) is 8.57. The molecule has 2 aromatic carbocycles. The zero-order chi connectivity index (χ0) is 22.9. The number of nitrogens with zero attached hydrogens (tertiary/aromatic N) is 1. The molecule has 1 atom stereocenters. The van der Waals surface area contributed by atoms with E-state index in [1.54, 1.807) is 0 Å². The molecule has 1 aliphatic carbocycles. The average molecular weight is 444 g/mol. The van der Waals surface area contributed by atoms with Crippen LogP contribution in [0.25, 0.3) is 11.1 Å². The lowest BCUT2D eigenvalue weighted by molar-refractivity contribution is -0.142. The van der Waals surface area contributed by atoms with Gasteiger partial charge in [-0.1, -0.05) is 48.5 Å². The fourth-order valence-electron chi connectivity index (χ4n) is 4.30. The molecule has 168 valence electrons. The van der Waals surface area contributed by atoms with E-state index in [9.17, 15) is 23.2 Å². The maximum absolute atomic E-state index is 13.5. The summed E-state index contributed by atoms with van der Waals surface area (Å²) in [5.74, 6) is -5.43. The van der Waals surface area contributed by atoms with E-state index in [1.165, 1.54) is 0 Å². The van der Waals surface area contributed by atoms with Crippen molar-refractivity contribution >= 4 is 18.0 Å². The van der Waals surface area contributed by atoms with Crippen LogP contribution in [0.4, 0.5) is 13.6 Å². The highest BCUT2D eigenvalue weighted by molar-refractivity contribution is 5.89. The molecule has 0 bridgehead atoms. The number of alkyl halides is 2. The van der Waals surface area contributed by atoms with Crippen LogP contribution in [-0.2, 0) is 14.3 Å². The van der Waals surface area contributed by atoms with Crippen molar-refractivity contribution in [2.24, 2.45) is 0 Å². The van der Waals surface area contributed by atoms with Gasteiger partial charge in [-0.3, -0.25) is 9.59 Å². The highest BCUT2D eigenvalue weighted by Gasteiger charge is 2.42. The van der Waals surface area contributed by atoms with Crippen LogP contribution in [0.5, 0.6) is 0 Å². The summed E-state index contributed by atoms with van der Waals surface area (Å²) in [4.78, 5) is 37.0. The number of halogens is 2. The van der Waals surface area contributed by atoms with Gasteiger partial charge in [0.25, 0.3) is 5.92 Å². The summed E-state index contributed by atoms with van der Waals surface area (Å²) in [7, 11) is 0. The molecular formula is C23H22F2N2O5. The summed E-state index contributed by atoms with van der Waals surface area (Å²) in [5, 5.41) is 11.3. The number of nitrogens with one attached hydrogen (secondary N) is 1. The van der Waals surface area contributed by atoms with E-state index in [0.717, 1.165) is 27.2 Å². The number of alkyl carbamates (subject to hydrolysis) is 1. The van der Waals surface area contributed by atoms with Gasteiger partial charge in [-0.2, -0.15) is 0 Å². The molecule has 0 radical (unpaired) electrons. The number of aliphatic carboxylic acids is 1. The summed E-state index contributed by atoms with van der Waals surface area (Å²) in [6, 6.07) is 14.0. The molecule has 2 N–H and O–H groups in total. The number of hydrogen-bond donors (Lipinski definition) is 2. The summed E-state index contributed by atoms with van der Waals surface area (Å²) >= 11 is 0. The van der Waals surface area contributed by atoms with Gasteiger partial charge in [0.1, 0.15) is 12.6 Å². The molecule has 4 rings (SSSR count). The third kappa shape index (κ3) is 4.42. The van der Waals surface area contributed by atoms with Crippen LogP contribution in [0.3, 0.4) is 0 Å². The molecule has 1 unspecified atom stereocenters. The molecule has 9 heteroatoms. The van der Waals surface area contributed by atoms with Crippen LogP contribution < -0.4 is 5.32 Å². The van der Waals surface area contributed by atoms with Gasteiger partial charge in [0.2, 0.25) is 5.91 Å². The topological polar surface area (TPSA) is 95.9 Å². The molecule has 1 fully saturated rings. The molecule has 1 heterocycles. The Hall–Kier alpha value is -3.49. The minimum Gasteiger partial charge on any atom is -0.481 e. The van der Waals surface area contributed by atoms with Crippen molar-refractivity contribution in [2.45, 2.75) is 30.7 Å². The first kappa shape index (κ1) is 21.7. The number of likely N-dealkylation sites (tertiary alicyclic amines) is 1. The normalized spacial score (nSPS) is 17.4. The number of fused-ring (bicyclic) bond motifs is 3. The molecule has 0 spiro atoms. The summed E-state index contributed by atoms with van der Waals surface area (Å²) in [6.45, 7) is -1.02. The van der Waals surface area contributed by atoms with Crippen molar-refractivity contribution < 1.29 is 33.0 Å². The zero-order valence-corrected chi connectivity index (χ0v) is 17.1. The molecule has 2 aromatic rings. The monoisotopic (exact) mass is 444 g/mol. The Bertz CT molecular complexity index is 1010. The van der Waals surface area contributed by atoms with Gasteiger partial charge in [0.15, 0.2) is 0 Å². The van der Waals surface area contributed by atoms with E-state index in [0.29, 0.717) is 0 Å². The maximum atomic E-state index is 13.5.